The number of hydrogen-bond acceptors (Lipinski definition) is 4. The van der Waals surface area contributed by atoms with Gasteiger partial charge >= 0.3 is 0 Å². The van der Waals surface area contributed by atoms with E-state index in [0.717, 1.165) is 11.1 Å². The molecule has 0 fully saturated rings. The van der Waals surface area contributed by atoms with Crippen molar-refractivity contribution < 1.29 is 14.0 Å². The number of aromatic nitrogens is 1. The number of aryl methyl sites for hydroxylation is 3. The summed E-state index contributed by atoms with van der Waals surface area (Å²) >= 11 is 0. The van der Waals surface area contributed by atoms with Gasteiger partial charge in [-0.3, -0.25) is 9.59 Å². The van der Waals surface area contributed by atoms with Crippen LogP contribution in [0.1, 0.15) is 40.2 Å². The largest absolute Gasteiger partial charge is 0.441 e. The van der Waals surface area contributed by atoms with Crippen molar-refractivity contribution in [2.75, 3.05) is 5.32 Å². The highest BCUT2D eigenvalue weighted by molar-refractivity contribution is 6.00. The molecule has 0 saturated carbocycles. The summed E-state index contributed by atoms with van der Waals surface area (Å²) in [4.78, 5) is 28.6. The molecule has 1 aromatic heterocycles. The topological polar surface area (TPSA) is 72.2 Å². The van der Waals surface area contributed by atoms with Crippen LogP contribution >= 0.6 is 0 Å². The van der Waals surface area contributed by atoms with Gasteiger partial charge in [0, 0.05) is 31.0 Å². The minimum Gasteiger partial charge on any atom is -0.441 e. The molecular formula is C20H20N2O3. The van der Waals surface area contributed by atoms with Crippen molar-refractivity contribution in [3.05, 3.63) is 59.0 Å². The molecule has 5 heteroatoms. The van der Waals surface area contributed by atoms with Gasteiger partial charge in [-0.15, -0.1) is 0 Å². The first kappa shape index (κ1) is 16.9. The Morgan fingerprint density at radius 3 is 2.56 bits per heavy atom. The Hall–Kier alpha value is -2.95. The van der Waals surface area contributed by atoms with E-state index in [9.17, 15) is 9.59 Å². The van der Waals surface area contributed by atoms with E-state index in [-0.39, 0.29) is 24.5 Å². The molecular weight excluding hydrogens is 316 g/mol. The van der Waals surface area contributed by atoms with E-state index in [1.807, 2.05) is 32.0 Å². The number of rotatable bonds is 5. The smallest absolute Gasteiger partial charge is 0.224 e. The molecule has 25 heavy (non-hydrogen) atoms. The van der Waals surface area contributed by atoms with E-state index in [0.29, 0.717) is 28.2 Å². The average molecular weight is 336 g/mol. The second kappa shape index (κ2) is 6.89. The molecule has 0 unspecified atom stereocenters. The maximum atomic E-state index is 12.2. The molecule has 3 rings (SSSR count). The maximum Gasteiger partial charge on any atom is 0.224 e. The fourth-order valence-electron chi connectivity index (χ4n) is 2.63. The Morgan fingerprint density at radius 2 is 1.80 bits per heavy atom. The third kappa shape index (κ3) is 3.94. The minimum atomic E-state index is -0.197. The average Bonchev–Trinajstić information content (AvgIpc) is 2.94. The van der Waals surface area contributed by atoms with Crippen molar-refractivity contribution in [3.63, 3.8) is 0 Å². The van der Waals surface area contributed by atoms with Crippen LogP contribution in [0.4, 0.5) is 5.69 Å². The Bertz CT molecular complexity index is 957. The molecule has 0 aliphatic rings. The number of oxazole rings is 1. The van der Waals surface area contributed by atoms with Gasteiger partial charge in [0.05, 0.1) is 0 Å². The van der Waals surface area contributed by atoms with E-state index in [2.05, 4.69) is 10.3 Å². The standard InChI is InChI=1S/C20H20N2O3/c1-12-4-5-15(10-13(12)2)18(23)7-9-20(24)22-16-6-8-19-17(11-16)21-14(3)25-19/h4-6,8,10-11H,7,9H2,1-3H3,(H,22,24). The summed E-state index contributed by atoms with van der Waals surface area (Å²) in [5, 5.41) is 2.80. The van der Waals surface area contributed by atoms with Gasteiger partial charge in [-0.05, 0) is 49.2 Å². The maximum absolute atomic E-state index is 12.2. The Balaban J connectivity index is 1.59. The van der Waals surface area contributed by atoms with Crippen molar-refractivity contribution in [3.8, 4) is 0 Å². The quantitative estimate of drug-likeness (QED) is 0.703. The normalized spacial score (nSPS) is 10.8. The predicted molar refractivity (Wildman–Crippen MR) is 96.9 cm³/mol. The predicted octanol–water partition coefficient (Wildman–Crippen LogP) is 4.35. The van der Waals surface area contributed by atoms with Crippen molar-refractivity contribution >= 4 is 28.5 Å². The molecule has 0 aliphatic heterocycles. The highest BCUT2D eigenvalue weighted by Gasteiger charge is 2.11. The summed E-state index contributed by atoms with van der Waals surface area (Å²) in [6, 6.07) is 10.9. The zero-order valence-corrected chi connectivity index (χ0v) is 14.6. The lowest BCUT2D eigenvalue weighted by Gasteiger charge is -2.06. The second-order valence-electron chi connectivity index (χ2n) is 6.19. The number of amides is 1. The zero-order valence-electron chi connectivity index (χ0n) is 14.6. The monoisotopic (exact) mass is 336 g/mol. The molecule has 0 bridgehead atoms. The van der Waals surface area contributed by atoms with Crippen LogP contribution in [-0.2, 0) is 4.79 Å². The second-order valence-corrected chi connectivity index (χ2v) is 6.19. The molecule has 1 amide bonds. The number of fused-ring (bicyclic) bond motifs is 1. The number of carbonyl (C=O) groups excluding carboxylic acids is 2. The number of benzene rings is 2. The number of anilines is 1. The van der Waals surface area contributed by atoms with E-state index in [1.54, 1.807) is 25.1 Å². The van der Waals surface area contributed by atoms with Crippen LogP contribution in [0, 0.1) is 20.8 Å². The zero-order chi connectivity index (χ0) is 18.0. The first-order valence-corrected chi connectivity index (χ1v) is 8.20. The number of ketones is 1. The number of carbonyl (C=O) groups is 2. The number of Topliss-reactive ketones (excluding diaryl/α,β-unsaturated/α-hetero) is 1. The molecule has 2 aromatic carbocycles. The summed E-state index contributed by atoms with van der Waals surface area (Å²) in [6.07, 6.45) is 0.321. The van der Waals surface area contributed by atoms with Crippen LogP contribution in [-0.4, -0.2) is 16.7 Å². The summed E-state index contributed by atoms with van der Waals surface area (Å²) in [5.74, 6) is 0.357. The Morgan fingerprint density at radius 1 is 1.00 bits per heavy atom. The molecule has 3 aromatic rings. The van der Waals surface area contributed by atoms with E-state index < -0.39 is 0 Å². The van der Waals surface area contributed by atoms with E-state index in [1.165, 1.54) is 0 Å². The molecule has 0 spiro atoms. The van der Waals surface area contributed by atoms with Gasteiger partial charge in [-0.25, -0.2) is 4.98 Å². The van der Waals surface area contributed by atoms with E-state index in [4.69, 9.17) is 4.42 Å². The van der Waals surface area contributed by atoms with Crippen molar-refractivity contribution in [2.45, 2.75) is 33.6 Å². The number of nitrogens with one attached hydrogen (secondary N) is 1. The minimum absolute atomic E-state index is 0.0270. The lowest BCUT2D eigenvalue weighted by molar-refractivity contribution is -0.116. The summed E-state index contributed by atoms with van der Waals surface area (Å²) in [5.41, 5.74) is 4.89. The van der Waals surface area contributed by atoms with E-state index >= 15 is 0 Å². The summed E-state index contributed by atoms with van der Waals surface area (Å²) in [6.45, 7) is 5.75. The van der Waals surface area contributed by atoms with Gasteiger partial charge in [0.25, 0.3) is 0 Å². The van der Waals surface area contributed by atoms with Crippen molar-refractivity contribution in [2.24, 2.45) is 0 Å². The van der Waals surface area contributed by atoms with Gasteiger partial charge < -0.3 is 9.73 Å². The Labute approximate surface area is 146 Å². The molecule has 0 atom stereocenters. The first-order valence-electron chi connectivity index (χ1n) is 8.20. The SMILES string of the molecule is Cc1nc2cc(NC(=O)CCC(=O)c3ccc(C)c(C)c3)ccc2o1. The van der Waals surface area contributed by atoms with Crippen LogP contribution in [0.15, 0.2) is 40.8 Å². The van der Waals surface area contributed by atoms with Crippen LogP contribution in [0.2, 0.25) is 0 Å². The lowest BCUT2D eigenvalue weighted by atomic mass is 10.0. The van der Waals surface area contributed by atoms with Gasteiger partial charge in [0.1, 0.15) is 5.52 Å². The lowest BCUT2D eigenvalue weighted by Crippen LogP contribution is -2.13. The third-order valence-electron chi connectivity index (χ3n) is 4.19. The molecule has 0 saturated heterocycles. The van der Waals surface area contributed by atoms with Gasteiger partial charge in [-0.1, -0.05) is 12.1 Å². The molecule has 128 valence electrons. The molecule has 0 radical (unpaired) electrons. The summed E-state index contributed by atoms with van der Waals surface area (Å²) < 4.78 is 5.41. The number of hydrogen-bond donors (Lipinski definition) is 1. The third-order valence-corrected chi connectivity index (χ3v) is 4.19. The highest BCUT2D eigenvalue weighted by Crippen LogP contribution is 2.20. The molecule has 1 N–H and O–H groups in total. The van der Waals surface area contributed by atoms with Crippen LogP contribution in [0.3, 0.4) is 0 Å². The number of nitrogens with zero attached hydrogens (tertiary/aromatic N) is 1. The fraction of sp³-hybridized carbons (Fsp3) is 0.250. The first-order chi connectivity index (χ1) is 11.9. The van der Waals surface area contributed by atoms with Crippen LogP contribution in [0.5, 0.6) is 0 Å². The highest BCUT2D eigenvalue weighted by atomic mass is 16.3. The van der Waals surface area contributed by atoms with Crippen molar-refractivity contribution in [1.29, 1.82) is 0 Å². The van der Waals surface area contributed by atoms with Crippen molar-refractivity contribution in [1.82, 2.24) is 4.98 Å². The fourth-order valence-corrected chi connectivity index (χ4v) is 2.63. The van der Waals surface area contributed by atoms with Crippen LogP contribution in [0.25, 0.3) is 11.1 Å². The van der Waals surface area contributed by atoms with Gasteiger partial charge in [0.2, 0.25) is 5.91 Å². The summed E-state index contributed by atoms with van der Waals surface area (Å²) in [7, 11) is 0. The molecule has 1 heterocycles. The Kier molecular flexibility index (Phi) is 4.65. The molecule has 0 aliphatic carbocycles. The molecule has 5 nitrogen and oxygen atoms in total. The van der Waals surface area contributed by atoms with Gasteiger partial charge in [0.15, 0.2) is 17.3 Å². The van der Waals surface area contributed by atoms with Crippen LogP contribution < -0.4 is 5.32 Å². The van der Waals surface area contributed by atoms with Gasteiger partial charge in [-0.2, -0.15) is 0 Å².